The fourth-order valence-electron chi connectivity index (χ4n) is 2.45. The molecule has 2 saturated carbocycles. The number of carboxylic acid groups (broad SMARTS) is 1. The molecule has 96 valence electrons. The number of hydrogen-bond donors (Lipinski definition) is 3. The third-order valence-electron chi connectivity index (χ3n) is 3.75. The van der Waals surface area contributed by atoms with E-state index in [1.807, 2.05) is 0 Å². The maximum absolute atomic E-state index is 11.4. The van der Waals surface area contributed by atoms with E-state index in [-0.39, 0.29) is 17.9 Å². The molecule has 17 heavy (non-hydrogen) atoms. The molecule has 2 rings (SSSR count). The van der Waals surface area contributed by atoms with Crippen LogP contribution in [0.4, 0.5) is 4.79 Å². The maximum atomic E-state index is 11.4. The minimum Gasteiger partial charge on any atom is -0.481 e. The van der Waals surface area contributed by atoms with E-state index in [0.717, 1.165) is 25.8 Å². The molecule has 5 nitrogen and oxygen atoms in total. The Kier molecular flexibility index (Phi) is 3.86. The second-order valence-electron chi connectivity index (χ2n) is 5.17. The molecule has 3 N–H and O–H groups in total. The number of amides is 2. The van der Waals surface area contributed by atoms with E-state index in [4.69, 9.17) is 5.11 Å². The van der Waals surface area contributed by atoms with Crippen LogP contribution >= 0.6 is 0 Å². The smallest absolute Gasteiger partial charge is 0.314 e. The highest BCUT2D eigenvalue weighted by Crippen LogP contribution is 2.31. The van der Waals surface area contributed by atoms with Gasteiger partial charge >= 0.3 is 12.0 Å². The largest absolute Gasteiger partial charge is 0.481 e. The van der Waals surface area contributed by atoms with E-state index in [9.17, 15) is 9.59 Å². The molecule has 5 heteroatoms. The SMILES string of the molecule is O=C(NCC1CC1)NCC1CCCC1C(=O)O. The Labute approximate surface area is 101 Å². The van der Waals surface area contributed by atoms with Crippen molar-refractivity contribution < 1.29 is 14.7 Å². The van der Waals surface area contributed by atoms with Gasteiger partial charge in [-0.05, 0) is 37.5 Å². The maximum Gasteiger partial charge on any atom is 0.314 e. The van der Waals surface area contributed by atoms with Crippen molar-refractivity contribution in [2.45, 2.75) is 32.1 Å². The predicted octanol–water partition coefficient (Wildman–Crippen LogP) is 1.20. The third-order valence-corrected chi connectivity index (χ3v) is 3.75. The van der Waals surface area contributed by atoms with E-state index in [1.165, 1.54) is 12.8 Å². The van der Waals surface area contributed by atoms with Gasteiger partial charge in [-0.25, -0.2) is 4.79 Å². The first-order chi connectivity index (χ1) is 8.16. The zero-order valence-electron chi connectivity index (χ0n) is 9.95. The van der Waals surface area contributed by atoms with Crippen molar-refractivity contribution in [3.8, 4) is 0 Å². The van der Waals surface area contributed by atoms with Crippen LogP contribution in [0.5, 0.6) is 0 Å². The molecule has 0 aliphatic heterocycles. The number of aliphatic carboxylic acids is 1. The van der Waals surface area contributed by atoms with Crippen LogP contribution in [0, 0.1) is 17.8 Å². The van der Waals surface area contributed by atoms with Crippen LogP contribution in [0.1, 0.15) is 32.1 Å². The quantitative estimate of drug-likeness (QED) is 0.675. The second-order valence-corrected chi connectivity index (χ2v) is 5.17. The van der Waals surface area contributed by atoms with Gasteiger partial charge in [-0.15, -0.1) is 0 Å². The number of carbonyl (C=O) groups is 2. The van der Waals surface area contributed by atoms with Crippen molar-refractivity contribution in [2.24, 2.45) is 17.8 Å². The third kappa shape index (κ3) is 3.61. The van der Waals surface area contributed by atoms with E-state index in [2.05, 4.69) is 10.6 Å². The minimum absolute atomic E-state index is 0.0965. The first kappa shape index (κ1) is 12.2. The zero-order valence-corrected chi connectivity index (χ0v) is 9.95. The topological polar surface area (TPSA) is 78.4 Å². The van der Waals surface area contributed by atoms with Crippen molar-refractivity contribution in [2.75, 3.05) is 13.1 Å². The van der Waals surface area contributed by atoms with Crippen LogP contribution in [-0.4, -0.2) is 30.2 Å². The minimum atomic E-state index is -0.729. The summed E-state index contributed by atoms with van der Waals surface area (Å²) in [4.78, 5) is 22.4. The van der Waals surface area contributed by atoms with Gasteiger partial charge in [0.1, 0.15) is 0 Å². The Morgan fingerprint density at radius 2 is 1.76 bits per heavy atom. The average molecular weight is 240 g/mol. The average Bonchev–Trinajstić information content (AvgIpc) is 3.00. The van der Waals surface area contributed by atoms with Crippen molar-refractivity contribution in [1.82, 2.24) is 10.6 Å². The van der Waals surface area contributed by atoms with Crippen LogP contribution in [0.2, 0.25) is 0 Å². The molecule has 0 radical (unpaired) electrons. The summed E-state index contributed by atoms with van der Waals surface area (Å²) in [5.74, 6) is -0.246. The van der Waals surface area contributed by atoms with Crippen LogP contribution in [0.3, 0.4) is 0 Å². The highest BCUT2D eigenvalue weighted by atomic mass is 16.4. The van der Waals surface area contributed by atoms with Gasteiger partial charge in [-0.2, -0.15) is 0 Å². The molecular formula is C12H20N2O3. The normalized spacial score (nSPS) is 27.8. The Hall–Kier alpha value is -1.26. The summed E-state index contributed by atoms with van der Waals surface area (Å²) < 4.78 is 0. The van der Waals surface area contributed by atoms with Gasteiger partial charge in [0.25, 0.3) is 0 Å². The summed E-state index contributed by atoms with van der Waals surface area (Å²) in [6.45, 7) is 1.23. The van der Waals surface area contributed by atoms with Crippen molar-refractivity contribution in [3.05, 3.63) is 0 Å². The second kappa shape index (κ2) is 5.38. The lowest BCUT2D eigenvalue weighted by Gasteiger charge is -2.16. The number of carboxylic acids is 1. The molecule has 0 aromatic carbocycles. The van der Waals surface area contributed by atoms with Gasteiger partial charge in [0.15, 0.2) is 0 Å². The number of carbonyl (C=O) groups excluding carboxylic acids is 1. The zero-order chi connectivity index (χ0) is 12.3. The fraction of sp³-hybridized carbons (Fsp3) is 0.833. The Balaban J connectivity index is 1.65. The lowest BCUT2D eigenvalue weighted by atomic mass is 9.96. The fourth-order valence-corrected chi connectivity index (χ4v) is 2.45. The van der Waals surface area contributed by atoms with E-state index < -0.39 is 5.97 Å². The summed E-state index contributed by atoms with van der Waals surface area (Å²) >= 11 is 0. The number of nitrogens with one attached hydrogen (secondary N) is 2. The molecule has 2 aliphatic carbocycles. The summed E-state index contributed by atoms with van der Waals surface area (Å²) in [6.07, 6.45) is 5.02. The monoisotopic (exact) mass is 240 g/mol. The molecule has 0 heterocycles. The Morgan fingerprint density at radius 1 is 1.06 bits per heavy atom. The summed E-state index contributed by atoms with van der Waals surface area (Å²) in [7, 11) is 0. The van der Waals surface area contributed by atoms with Crippen LogP contribution in [-0.2, 0) is 4.79 Å². The highest BCUT2D eigenvalue weighted by molar-refractivity contribution is 5.74. The van der Waals surface area contributed by atoms with Gasteiger partial charge in [0.05, 0.1) is 5.92 Å². The van der Waals surface area contributed by atoms with E-state index in [1.54, 1.807) is 0 Å². The standard InChI is InChI=1S/C12H20N2O3/c15-11(16)10-3-1-2-9(10)7-14-12(17)13-6-8-4-5-8/h8-10H,1-7H2,(H,15,16)(H2,13,14,17). The molecule has 2 amide bonds. The highest BCUT2D eigenvalue weighted by Gasteiger charge is 2.32. The lowest BCUT2D eigenvalue weighted by molar-refractivity contribution is -0.142. The molecule has 0 bridgehead atoms. The predicted molar refractivity (Wildman–Crippen MR) is 62.6 cm³/mol. The van der Waals surface area contributed by atoms with Gasteiger partial charge in [0, 0.05) is 13.1 Å². The van der Waals surface area contributed by atoms with Gasteiger partial charge < -0.3 is 15.7 Å². The first-order valence-corrected chi connectivity index (χ1v) is 6.41. The van der Waals surface area contributed by atoms with Gasteiger partial charge in [-0.3, -0.25) is 4.79 Å². The summed E-state index contributed by atoms with van der Waals surface area (Å²) in [5, 5.41) is 14.6. The first-order valence-electron chi connectivity index (χ1n) is 6.41. The molecule has 2 unspecified atom stereocenters. The van der Waals surface area contributed by atoms with Crippen molar-refractivity contribution in [3.63, 3.8) is 0 Å². The summed E-state index contributed by atoms with van der Waals surface area (Å²) in [5.41, 5.74) is 0. The molecule has 2 fully saturated rings. The molecule has 0 saturated heterocycles. The molecule has 0 aromatic heterocycles. The number of urea groups is 1. The Bertz CT molecular complexity index is 302. The molecule has 2 aliphatic rings. The van der Waals surface area contributed by atoms with Crippen LogP contribution in [0.25, 0.3) is 0 Å². The lowest BCUT2D eigenvalue weighted by Crippen LogP contribution is -2.40. The van der Waals surface area contributed by atoms with Crippen LogP contribution < -0.4 is 10.6 Å². The number of hydrogen-bond acceptors (Lipinski definition) is 2. The van der Waals surface area contributed by atoms with Crippen molar-refractivity contribution in [1.29, 1.82) is 0 Å². The Morgan fingerprint density at radius 3 is 2.41 bits per heavy atom. The van der Waals surface area contributed by atoms with Crippen LogP contribution in [0.15, 0.2) is 0 Å². The molecule has 0 spiro atoms. The summed E-state index contributed by atoms with van der Waals surface area (Å²) in [6, 6.07) is -0.159. The van der Waals surface area contributed by atoms with Gasteiger partial charge in [0.2, 0.25) is 0 Å². The molecule has 2 atom stereocenters. The van der Waals surface area contributed by atoms with E-state index >= 15 is 0 Å². The molecule has 0 aromatic rings. The van der Waals surface area contributed by atoms with Crippen molar-refractivity contribution >= 4 is 12.0 Å². The molecular weight excluding hydrogens is 220 g/mol. The van der Waals surface area contributed by atoms with Gasteiger partial charge in [-0.1, -0.05) is 6.42 Å². The number of rotatable bonds is 5. The van der Waals surface area contributed by atoms with E-state index in [0.29, 0.717) is 12.5 Å².